The molecule has 0 radical (unpaired) electrons. The minimum atomic E-state index is 0. The Kier molecular flexibility index (Phi) is 8.11. The van der Waals surface area contributed by atoms with Crippen LogP contribution in [0.4, 0.5) is 0 Å². The van der Waals surface area contributed by atoms with Gasteiger partial charge in [0.15, 0.2) is 5.96 Å². The van der Waals surface area contributed by atoms with Crippen molar-refractivity contribution in [3.05, 3.63) is 35.9 Å². The Balaban J connectivity index is 0.00000220. The molecule has 0 saturated heterocycles. The lowest BCUT2D eigenvalue weighted by atomic mass is 10.2. The number of nitrogens with zero attached hydrogens (tertiary/aromatic N) is 1. The first-order valence-electron chi connectivity index (χ1n) is 7.11. The third-order valence-corrected chi connectivity index (χ3v) is 3.20. The second-order valence-electron chi connectivity index (χ2n) is 4.99. The summed E-state index contributed by atoms with van der Waals surface area (Å²) in [7, 11) is 0. The van der Waals surface area contributed by atoms with E-state index in [1.54, 1.807) is 0 Å². The number of aliphatic imine (C=N–C) groups is 1. The largest absolute Gasteiger partial charge is 0.370 e. The molecule has 6 heteroatoms. The van der Waals surface area contributed by atoms with Gasteiger partial charge in [0.25, 0.3) is 0 Å². The van der Waals surface area contributed by atoms with Crippen molar-refractivity contribution in [3.8, 4) is 0 Å². The van der Waals surface area contributed by atoms with Gasteiger partial charge in [-0.1, -0.05) is 30.3 Å². The molecule has 116 valence electrons. The molecule has 1 fully saturated rings. The van der Waals surface area contributed by atoms with Crippen LogP contribution < -0.4 is 16.4 Å². The lowest BCUT2D eigenvalue weighted by molar-refractivity contribution is -0.122. The zero-order chi connectivity index (χ0) is 14.2. The molecule has 1 aliphatic rings. The number of benzene rings is 1. The molecule has 0 spiro atoms. The van der Waals surface area contributed by atoms with Gasteiger partial charge in [0, 0.05) is 25.6 Å². The molecule has 0 aliphatic heterocycles. The molecule has 0 aromatic heterocycles. The minimum absolute atomic E-state index is 0. The van der Waals surface area contributed by atoms with Gasteiger partial charge in [0.2, 0.25) is 5.91 Å². The van der Waals surface area contributed by atoms with Crippen LogP contribution in [0.3, 0.4) is 0 Å². The third kappa shape index (κ3) is 7.31. The average Bonchev–Trinajstić information content (AvgIpc) is 3.29. The number of amides is 1. The molecule has 0 atom stereocenters. The summed E-state index contributed by atoms with van der Waals surface area (Å²) in [4.78, 5) is 15.6. The van der Waals surface area contributed by atoms with Crippen molar-refractivity contribution in [2.75, 3.05) is 19.6 Å². The van der Waals surface area contributed by atoms with E-state index in [0.29, 0.717) is 25.6 Å². The van der Waals surface area contributed by atoms with Gasteiger partial charge in [-0.2, -0.15) is 0 Å². The van der Waals surface area contributed by atoms with E-state index in [1.807, 2.05) is 18.2 Å². The van der Waals surface area contributed by atoms with E-state index in [4.69, 9.17) is 5.73 Å². The number of nitrogens with two attached hydrogens (primary N) is 1. The molecule has 0 bridgehead atoms. The van der Waals surface area contributed by atoms with Crippen LogP contribution in [0.2, 0.25) is 0 Å². The fraction of sp³-hybridized carbons (Fsp3) is 0.467. The van der Waals surface area contributed by atoms with Crippen molar-refractivity contribution in [2.45, 2.75) is 19.3 Å². The van der Waals surface area contributed by atoms with Gasteiger partial charge in [0.05, 0.1) is 0 Å². The predicted molar refractivity (Wildman–Crippen MR) is 95.8 cm³/mol. The maximum absolute atomic E-state index is 11.4. The molecule has 4 N–H and O–H groups in total. The first kappa shape index (κ1) is 17.7. The SMILES string of the molecule is I.NC(=NCCc1ccccc1)NCCNC(=O)C1CC1. The molecule has 5 nitrogen and oxygen atoms in total. The Morgan fingerprint density at radius 1 is 1.19 bits per heavy atom. The van der Waals surface area contributed by atoms with Crippen molar-refractivity contribution in [2.24, 2.45) is 16.6 Å². The Morgan fingerprint density at radius 3 is 2.52 bits per heavy atom. The number of hydrogen-bond acceptors (Lipinski definition) is 2. The van der Waals surface area contributed by atoms with Gasteiger partial charge < -0.3 is 16.4 Å². The fourth-order valence-corrected chi connectivity index (χ4v) is 1.87. The van der Waals surface area contributed by atoms with Crippen molar-refractivity contribution < 1.29 is 4.79 Å². The highest BCUT2D eigenvalue weighted by Gasteiger charge is 2.28. The molecular formula is C15H23IN4O. The van der Waals surface area contributed by atoms with Crippen LogP contribution in [-0.4, -0.2) is 31.5 Å². The topological polar surface area (TPSA) is 79.5 Å². The molecule has 1 aromatic rings. The van der Waals surface area contributed by atoms with Crippen LogP contribution in [0.15, 0.2) is 35.3 Å². The number of carbonyl (C=O) groups is 1. The van der Waals surface area contributed by atoms with Gasteiger partial charge in [-0.25, -0.2) is 0 Å². The van der Waals surface area contributed by atoms with Gasteiger partial charge in [-0.3, -0.25) is 9.79 Å². The predicted octanol–water partition coefficient (Wildman–Crippen LogP) is 1.28. The van der Waals surface area contributed by atoms with Gasteiger partial charge in [0.1, 0.15) is 0 Å². The van der Waals surface area contributed by atoms with Crippen LogP contribution in [0.25, 0.3) is 0 Å². The Bertz CT molecular complexity index is 460. The number of carbonyl (C=O) groups excluding carboxylic acids is 1. The maximum atomic E-state index is 11.4. The number of guanidine groups is 1. The van der Waals surface area contributed by atoms with Crippen molar-refractivity contribution in [3.63, 3.8) is 0 Å². The van der Waals surface area contributed by atoms with Crippen LogP contribution >= 0.6 is 24.0 Å². The highest BCUT2D eigenvalue weighted by Crippen LogP contribution is 2.28. The second kappa shape index (κ2) is 9.59. The summed E-state index contributed by atoms with van der Waals surface area (Å²) in [6.45, 7) is 1.86. The Hall–Kier alpha value is -1.31. The van der Waals surface area contributed by atoms with Crippen LogP contribution in [0, 0.1) is 5.92 Å². The van der Waals surface area contributed by atoms with E-state index in [9.17, 15) is 4.79 Å². The molecule has 1 aliphatic carbocycles. The zero-order valence-electron chi connectivity index (χ0n) is 12.0. The average molecular weight is 402 g/mol. The lowest BCUT2D eigenvalue weighted by Crippen LogP contribution is -2.38. The highest BCUT2D eigenvalue weighted by molar-refractivity contribution is 14.0. The smallest absolute Gasteiger partial charge is 0.223 e. The van der Waals surface area contributed by atoms with E-state index in [-0.39, 0.29) is 35.8 Å². The van der Waals surface area contributed by atoms with E-state index in [0.717, 1.165) is 19.3 Å². The molecule has 1 saturated carbocycles. The van der Waals surface area contributed by atoms with Crippen LogP contribution in [0.5, 0.6) is 0 Å². The summed E-state index contributed by atoms with van der Waals surface area (Å²) in [6.07, 6.45) is 2.94. The van der Waals surface area contributed by atoms with Crippen LogP contribution in [0.1, 0.15) is 18.4 Å². The summed E-state index contributed by atoms with van der Waals surface area (Å²) < 4.78 is 0. The van der Waals surface area contributed by atoms with Crippen molar-refractivity contribution in [1.82, 2.24) is 10.6 Å². The molecule has 0 heterocycles. The monoisotopic (exact) mass is 402 g/mol. The van der Waals surface area contributed by atoms with E-state index < -0.39 is 0 Å². The molecule has 1 amide bonds. The van der Waals surface area contributed by atoms with E-state index >= 15 is 0 Å². The third-order valence-electron chi connectivity index (χ3n) is 3.20. The van der Waals surface area contributed by atoms with Gasteiger partial charge in [-0.05, 0) is 24.8 Å². The minimum Gasteiger partial charge on any atom is -0.370 e. The summed E-state index contributed by atoms with van der Waals surface area (Å²) in [6, 6.07) is 10.2. The molecule has 21 heavy (non-hydrogen) atoms. The fourth-order valence-electron chi connectivity index (χ4n) is 1.87. The van der Waals surface area contributed by atoms with Crippen molar-refractivity contribution in [1.29, 1.82) is 0 Å². The number of hydrogen-bond donors (Lipinski definition) is 3. The van der Waals surface area contributed by atoms with Crippen LogP contribution in [-0.2, 0) is 11.2 Å². The van der Waals surface area contributed by atoms with Gasteiger partial charge in [-0.15, -0.1) is 24.0 Å². The second-order valence-corrected chi connectivity index (χ2v) is 4.99. The van der Waals surface area contributed by atoms with Crippen molar-refractivity contribution >= 4 is 35.8 Å². The first-order valence-corrected chi connectivity index (χ1v) is 7.11. The number of rotatable bonds is 7. The summed E-state index contributed by atoms with van der Waals surface area (Å²) in [5.41, 5.74) is 7.00. The summed E-state index contributed by atoms with van der Waals surface area (Å²) in [5, 5.41) is 5.87. The molecule has 0 unspecified atom stereocenters. The van der Waals surface area contributed by atoms with E-state index in [1.165, 1.54) is 5.56 Å². The Morgan fingerprint density at radius 2 is 1.86 bits per heavy atom. The van der Waals surface area contributed by atoms with Gasteiger partial charge >= 0.3 is 0 Å². The molecular weight excluding hydrogens is 379 g/mol. The maximum Gasteiger partial charge on any atom is 0.223 e. The Labute approximate surface area is 142 Å². The molecule has 1 aromatic carbocycles. The standard InChI is InChI=1S/C15H22N4O.HI/c16-15(18-9-8-12-4-2-1-3-5-12)19-11-10-17-14(20)13-6-7-13;/h1-5,13H,6-11H2,(H,17,20)(H3,16,18,19);1H. The summed E-state index contributed by atoms with van der Waals surface area (Å²) in [5.74, 6) is 0.847. The first-order chi connectivity index (χ1) is 9.75. The lowest BCUT2D eigenvalue weighted by Gasteiger charge is -2.07. The quantitative estimate of drug-likeness (QED) is 0.278. The van der Waals surface area contributed by atoms with E-state index in [2.05, 4.69) is 27.8 Å². The number of nitrogens with one attached hydrogen (secondary N) is 2. The zero-order valence-corrected chi connectivity index (χ0v) is 14.4. The molecule has 2 rings (SSSR count). The normalized spacial score (nSPS) is 14.2. The highest BCUT2D eigenvalue weighted by atomic mass is 127. The summed E-state index contributed by atoms with van der Waals surface area (Å²) >= 11 is 0. The number of halogens is 1.